The lowest BCUT2D eigenvalue weighted by atomic mass is 9.86. The van der Waals surface area contributed by atoms with Gasteiger partial charge in [0.05, 0.1) is 0 Å². The van der Waals surface area contributed by atoms with Crippen LogP contribution >= 0.6 is 0 Å². The van der Waals surface area contributed by atoms with Crippen LogP contribution in [0.15, 0.2) is 24.3 Å². The van der Waals surface area contributed by atoms with Gasteiger partial charge < -0.3 is 5.32 Å². The van der Waals surface area contributed by atoms with Crippen molar-refractivity contribution in [3.05, 3.63) is 35.6 Å². The van der Waals surface area contributed by atoms with E-state index in [2.05, 4.69) is 19.2 Å². The Bertz CT molecular complexity index is 346. The van der Waals surface area contributed by atoms with Crippen LogP contribution in [0.4, 0.5) is 4.39 Å². The summed E-state index contributed by atoms with van der Waals surface area (Å²) < 4.78 is 12.8. The molecule has 2 unspecified atom stereocenters. The van der Waals surface area contributed by atoms with Crippen LogP contribution in [0.5, 0.6) is 0 Å². The lowest BCUT2D eigenvalue weighted by Gasteiger charge is -2.30. The molecule has 0 radical (unpaired) electrons. The number of nitrogens with one attached hydrogen (secondary N) is 1. The number of hydrogen-bond acceptors (Lipinski definition) is 1. The van der Waals surface area contributed by atoms with Crippen molar-refractivity contribution >= 4 is 0 Å². The molecule has 0 saturated heterocycles. The average molecular weight is 235 g/mol. The van der Waals surface area contributed by atoms with Gasteiger partial charge in [-0.2, -0.15) is 0 Å². The van der Waals surface area contributed by atoms with E-state index in [4.69, 9.17) is 0 Å². The Morgan fingerprint density at radius 1 is 1.24 bits per heavy atom. The standard InChI is InChI=1S/C15H22FN/c1-11-4-3-5-15(10-11)17-12(2)13-6-8-14(16)9-7-13/h6-9,11-12,15,17H,3-5,10H2,1-2H3/t11?,12-,15?/m1/s1. The molecule has 2 rings (SSSR count). The fourth-order valence-electron chi connectivity index (χ4n) is 2.79. The van der Waals surface area contributed by atoms with E-state index in [0.29, 0.717) is 12.1 Å². The summed E-state index contributed by atoms with van der Waals surface area (Å²) in [6.45, 7) is 4.49. The Hall–Kier alpha value is -0.890. The molecule has 0 aromatic heterocycles. The second-order valence-electron chi connectivity index (χ2n) is 5.41. The highest BCUT2D eigenvalue weighted by atomic mass is 19.1. The fraction of sp³-hybridized carbons (Fsp3) is 0.600. The van der Waals surface area contributed by atoms with Crippen molar-refractivity contribution in [3.8, 4) is 0 Å². The van der Waals surface area contributed by atoms with Crippen LogP contribution in [0.1, 0.15) is 51.1 Å². The molecule has 0 amide bonds. The highest BCUT2D eigenvalue weighted by Crippen LogP contribution is 2.25. The van der Waals surface area contributed by atoms with Crippen molar-refractivity contribution in [1.29, 1.82) is 0 Å². The minimum absolute atomic E-state index is 0.160. The molecule has 1 N–H and O–H groups in total. The molecule has 0 heterocycles. The minimum atomic E-state index is -0.160. The first kappa shape index (κ1) is 12.6. The fourth-order valence-corrected chi connectivity index (χ4v) is 2.79. The number of hydrogen-bond donors (Lipinski definition) is 1. The highest BCUT2D eigenvalue weighted by Gasteiger charge is 2.20. The van der Waals surface area contributed by atoms with E-state index in [1.54, 1.807) is 0 Å². The molecule has 1 aromatic rings. The molecule has 94 valence electrons. The molecular weight excluding hydrogens is 213 g/mol. The second kappa shape index (κ2) is 5.63. The zero-order valence-electron chi connectivity index (χ0n) is 10.7. The summed E-state index contributed by atoms with van der Waals surface area (Å²) in [4.78, 5) is 0. The summed E-state index contributed by atoms with van der Waals surface area (Å²) in [5, 5.41) is 3.66. The zero-order chi connectivity index (χ0) is 12.3. The normalized spacial score (nSPS) is 26.8. The number of rotatable bonds is 3. The van der Waals surface area contributed by atoms with Crippen LogP contribution in [-0.4, -0.2) is 6.04 Å². The highest BCUT2D eigenvalue weighted by molar-refractivity contribution is 5.19. The Labute approximate surface area is 103 Å². The molecule has 1 aliphatic rings. The minimum Gasteiger partial charge on any atom is -0.307 e. The van der Waals surface area contributed by atoms with E-state index in [9.17, 15) is 4.39 Å². The van der Waals surface area contributed by atoms with E-state index in [1.807, 2.05) is 12.1 Å². The summed E-state index contributed by atoms with van der Waals surface area (Å²) in [5.41, 5.74) is 1.17. The van der Waals surface area contributed by atoms with E-state index in [0.717, 1.165) is 5.92 Å². The van der Waals surface area contributed by atoms with E-state index in [-0.39, 0.29) is 5.82 Å². The van der Waals surface area contributed by atoms with Gasteiger partial charge in [-0.15, -0.1) is 0 Å². The maximum absolute atomic E-state index is 12.8. The third-order valence-corrected chi connectivity index (χ3v) is 3.79. The summed E-state index contributed by atoms with van der Waals surface area (Å²) in [6.07, 6.45) is 5.24. The Morgan fingerprint density at radius 2 is 1.94 bits per heavy atom. The quantitative estimate of drug-likeness (QED) is 0.833. The molecular formula is C15H22FN. The summed E-state index contributed by atoms with van der Waals surface area (Å²) in [6, 6.07) is 7.76. The van der Waals surface area contributed by atoms with Gasteiger partial charge in [-0.25, -0.2) is 4.39 Å². The molecule has 17 heavy (non-hydrogen) atoms. The molecule has 1 aromatic carbocycles. The van der Waals surface area contributed by atoms with E-state index >= 15 is 0 Å². The van der Waals surface area contributed by atoms with Crippen LogP contribution in [0.3, 0.4) is 0 Å². The first-order valence-electron chi connectivity index (χ1n) is 6.66. The maximum Gasteiger partial charge on any atom is 0.123 e. The predicted octanol–water partition coefficient (Wildman–Crippen LogP) is 4.06. The number of benzene rings is 1. The second-order valence-corrected chi connectivity index (χ2v) is 5.41. The smallest absolute Gasteiger partial charge is 0.123 e. The Morgan fingerprint density at radius 3 is 2.59 bits per heavy atom. The summed E-state index contributed by atoms with van der Waals surface area (Å²) in [7, 11) is 0. The molecule has 1 aliphatic carbocycles. The average Bonchev–Trinajstić information content (AvgIpc) is 2.29. The van der Waals surface area contributed by atoms with Crippen LogP contribution < -0.4 is 5.32 Å². The van der Waals surface area contributed by atoms with Crippen molar-refractivity contribution in [3.63, 3.8) is 0 Å². The number of halogens is 1. The van der Waals surface area contributed by atoms with Crippen LogP contribution in [0, 0.1) is 11.7 Å². The van der Waals surface area contributed by atoms with Gasteiger partial charge in [0.15, 0.2) is 0 Å². The first-order valence-corrected chi connectivity index (χ1v) is 6.66. The van der Waals surface area contributed by atoms with Gasteiger partial charge in [0.1, 0.15) is 5.82 Å². The molecule has 0 spiro atoms. The molecule has 0 bridgehead atoms. The molecule has 1 fully saturated rings. The summed E-state index contributed by atoms with van der Waals surface area (Å²) >= 11 is 0. The molecule has 0 aliphatic heterocycles. The SMILES string of the molecule is CC1CCCC(N[C@H](C)c2ccc(F)cc2)C1. The first-order chi connectivity index (χ1) is 8.15. The molecule has 2 heteroatoms. The largest absolute Gasteiger partial charge is 0.307 e. The van der Waals surface area contributed by atoms with Gasteiger partial charge in [-0.05, 0) is 43.4 Å². The van der Waals surface area contributed by atoms with Crippen molar-refractivity contribution < 1.29 is 4.39 Å². The van der Waals surface area contributed by atoms with Crippen molar-refractivity contribution in [2.75, 3.05) is 0 Å². The topological polar surface area (TPSA) is 12.0 Å². The maximum atomic E-state index is 12.8. The summed E-state index contributed by atoms with van der Waals surface area (Å²) in [5.74, 6) is 0.675. The third kappa shape index (κ3) is 3.53. The van der Waals surface area contributed by atoms with E-state index < -0.39 is 0 Å². The van der Waals surface area contributed by atoms with Gasteiger partial charge in [-0.1, -0.05) is 31.9 Å². The van der Waals surface area contributed by atoms with Gasteiger partial charge >= 0.3 is 0 Å². The lowest BCUT2D eigenvalue weighted by molar-refractivity contribution is 0.285. The van der Waals surface area contributed by atoms with Gasteiger partial charge in [-0.3, -0.25) is 0 Å². The molecule has 3 atom stereocenters. The van der Waals surface area contributed by atoms with Crippen LogP contribution in [0.2, 0.25) is 0 Å². The zero-order valence-corrected chi connectivity index (χ0v) is 10.7. The van der Waals surface area contributed by atoms with Crippen LogP contribution in [0.25, 0.3) is 0 Å². The van der Waals surface area contributed by atoms with Crippen molar-refractivity contribution in [1.82, 2.24) is 5.32 Å². The lowest BCUT2D eigenvalue weighted by Crippen LogP contribution is -2.35. The van der Waals surface area contributed by atoms with Crippen molar-refractivity contribution in [2.24, 2.45) is 5.92 Å². The van der Waals surface area contributed by atoms with Gasteiger partial charge in [0.2, 0.25) is 0 Å². The van der Waals surface area contributed by atoms with Gasteiger partial charge in [0, 0.05) is 12.1 Å². The van der Waals surface area contributed by atoms with E-state index in [1.165, 1.54) is 43.4 Å². The molecule has 1 nitrogen and oxygen atoms in total. The molecule has 1 saturated carbocycles. The monoisotopic (exact) mass is 235 g/mol. The Kier molecular flexibility index (Phi) is 4.16. The Balaban J connectivity index is 1.91. The van der Waals surface area contributed by atoms with Crippen LogP contribution in [-0.2, 0) is 0 Å². The van der Waals surface area contributed by atoms with Crippen molar-refractivity contribution in [2.45, 2.75) is 51.6 Å². The van der Waals surface area contributed by atoms with Gasteiger partial charge in [0.25, 0.3) is 0 Å². The predicted molar refractivity (Wildman–Crippen MR) is 69.4 cm³/mol. The third-order valence-electron chi connectivity index (χ3n) is 3.79.